The summed E-state index contributed by atoms with van der Waals surface area (Å²) in [5.74, 6) is 0. The zero-order valence-corrected chi connectivity index (χ0v) is 10.6. The molecule has 0 saturated heterocycles. The van der Waals surface area contributed by atoms with Crippen LogP contribution in [0.15, 0.2) is 30.3 Å². The van der Waals surface area contributed by atoms with Gasteiger partial charge in [-0.25, -0.2) is 0 Å². The second-order valence-electron chi connectivity index (χ2n) is 3.46. The van der Waals surface area contributed by atoms with E-state index < -0.39 is 7.60 Å². The number of hydrogen-bond acceptors (Lipinski definition) is 3. The Morgan fingerprint density at radius 1 is 1.44 bits per heavy atom. The number of benzene rings is 1. The third-order valence-electron chi connectivity index (χ3n) is 2.16. The number of thiophene rings is 1. The predicted molar refractivity (Wildman–Crippen MR) is 67.0 cm³/mol. The van der Waals surface area contributed by atoms with Crippen LogP contribution in [0.2, 0.25) is 0 Å². The largest absolute Gasteiger partial charge is 0.333 e. The van der Waals surface area contributed by atoms with Crippen molar-refractivity contribution in [3.05, 3.63) is 35.2 Å². The van der Waals surface area contributed by atoms with E-state index in [1.807, 2.05) is 30.3 Å². The molecule has 86 valence electrons. The van der Waals surface area contributed by atoms with Crippen LogP contribution in [0.5, 0.6) is 0 Å². The Hall–Kier alpha value is -0.670. The Balaban J connectivity index is 2.25. The van der Waals surface area contributed by atoms with Gasteiger partial charge in [-0.1, -0.05) is 18.2 Å². The van der Waals surface area contributed by atoms with Crippen LogP contribution in [0.3, 0.4) is 0 Å². The van der Waals surface area contributed by atoms with E-state index in [0.29, 0.717) is 0 Å². The highest BCUT2D eigenvalue weighted by Gasteiger charge is 2.20. The Morgan fingerprint density at radius 2 is 2.19 bits per heavy atom. The van der Waals surface area contributed by atoms with Gasteiger partial charge in [0.25, 0.3) is 0 Å². The third-order valence-corrected chi connectivity index (χ3v) is 4.90. The van der Waals surface area contributed by atoms with Crippen molar-refractivity contribution in [1.29, 1.82) is 0 Å². The standard InChI is InChI=1S/C11H13O3PS/c1-2-14-15(12,13)8-10-7-9-5-3-4-6-11(9)16-10/h3-7H,2,8H2,1H3,(H,12,13). The summed E-state index contributed by atoms with van der Waals surface area (Å²) < 4.78 is 17.6. The van der Waals surface area contributed by atoms with Crippen LogP contribution in [0.1, 0.15) is 11.8 Å². The molecule has 2 rings (SSSR count). The van der Waals surface area contributed by atoms with Crippen LogP contribution in [0.25, 0.3) is 10.1 Å². The van der Waals surface area contributed by atoms with E-state index in [1.54, 1.807) is 6.92 Å². The minimum Gasteiger partial charge on any atom is -0.324 e. The fourth-order valence-electron chi connectivity index (χ4n) is 1.56. The summed E-state index contributed by atoms with van der Waals surface area (Å²) in [5.41, 5.74) is 0. The van der Waals surface area contributed by atoms with Crippen LogP contribution < -0.4 is 0 Å². The van der Waals surface area contributed by atoms with Crippen molar-refractivity contribution in [2.45, 2.75) is 13.1 Å². The lowest BCUT2D eigenvalue weighted by atomic mass is 10.2. The molecule has 0 fully saturated rings. The molecule has 0 aliphatic rings. The van der Waals surface area contributed by atoms with Crippen molar-refractivity contribution < 1.29 is 14.0 Å². The quantitative estimate of drug-likeness (QED) is 0.850. The van der Waals surface area contributed by atoms with Crippen LogP contribution >= 0.6 is 18.9 Å². The second kappa shape index (κ2) is 4.68. The van der Waals surface area contributed by atoms with Gasteiger partial charge in [0.05, 0.1) is 12.8 Å². The minimum atomic E-state index is -3.46. The van der Waals surface area contributed by atoms with E-state index in [-0.39, 0.29) is 12.8 Å². The number of rotatable bonds is 4. The fraction of sp³-hybridized carbons (Fsp3) is 0.273. The summed E-state index contributed by atoms with van der Waals surface area (Å²) in [6, 6.07) is 9.87. The monoisotopic (exact) mass is 256 g/mol. The molecule has 1 unspecified atom stereocenters. The van der Waals surface area contributed by atoms with Crippen LogP contribution in [-0.4, -0.2) is 11.5 Å². The number of hydrogen-bond donors (Lipinski definition) is 1. The zero-order valence-electron chi connectivity index (χ0n) is 8.92. The van der Waals surface area contributed by atoms with Crippen LogP contribution in [0, 0.1) is 0 Å². The van der Waals surface area contributed by atoms with E-state index in [2.05, 4.69) is 0 Å². The molecule has 0 aliphatic carbocycles. The van der Waals surface area contributed by atoms with Gasteiger partial charge in [0.2, 0.25) is 0 Å². The highest BCUT2D eigenvalue weighted by atomic mass is 32.1. The molecule has 3 nitrogen and oxygen atoms in total. The molecular formula is C11H13O3PS. The first kappa shape index (κ1) is 11.8. The smallest absolute Gasteiger partial charge is 0.324 e. The van der Waals surface area contributed by atoms with Crippen molar-refractivity contribution in [3.8, 4) is 0 Å². The summed E-state index contributed by atoms with van der Waals surface area (Å²) in [5, 5.41) is 1.11. The molecule has 0 bridgehead atoms. The second-order valence-corrected chi connectivity index (χ2v) is 6.48. The summed E-state index contributed by atoms with van der Waals surface area (Å²) >= 11 is 1.54. The lowest BCUT2D eigenvalue weighted by Crippen LogP contribution is -1.91. The molecule has 0 aliphatic heterocycles. The maximum absolute atomic E-state index is 11.6. The predicted octanol–water partition coefficient (Wildman–Crippen LogP) is 3.62. The first-order chi connectivity index (χ1) is 7.61. The lowest BCUT2D eigenvalue weighted by Gasteiger charge is -2.08. The van der Waals surface area contributed by atoms with E-state index in [9.17, 15) is 9.46 Å². The van der Waals surface area contributed by atoms with Gasteiger partial charge in [0.1, 0.15) is 0 Å². The summed E-state index contributed by atoms with van der Waals surface area (Å²) in [7, 11) is -3.46. The van der Waals surface area contributed by atoms with Gasteiger partial charge in [-0.15, -0.1) is 11.3 Å². The Labute approximate surface area is 98.2 Å². The molecular weight excluding hydrogens is 243 g/mol. The topological polar surface area (TPSA) is 46.5 Å². The van der Waals surface area contributed by atoms with Crippen molar-refractivity contribution in [2.75, 3.05) is 6.61 Å². The normalized spacial score (nSPS) is 15.1. The average Bonchev–Trinajstić information content (AvgIpc) is 2.58. The van der Waals surface area contributed by atoms with Crippen molar-refractivity contribution in [2.24, 2.45) is 0 Å². The van der Waals surface area contributed by atoms with Gasteiger partial charge >= 0.3 is 7.60 Å². The third kappa shape index (κ3) is 2.71. The molecule has 1 aromatic heterocycles. The van der Waals surface area contributed by atoms with Crippen LogP contribution in [-0.2, 0) is 15.3 Å². The molecule has 0 radical (unpaired) electrons. The molecule has 5 heteroatoms. The lowest BCUT2D eigenvalue weighted by molar-refractivity contribution is 0.273. The van der Waals surface area contributed by atoms with Crippen molar-refractivity contribution >= 4 is 29.0 Å². The van der Waals surface area contributed by atoms with E-state index in [0.717, 1.165) is 15.0 Å². The van der Waals surface area contributed by atoms with Gasteiger partial charge in [-0.05, 0) is 24.4 Å². The molecule has 2 aromatic rings. The van der Waals surface area contributed by atoms with E-state index in [4.69, 9.17) is 4.52 Å². The summed E-state index contributed by atoms with van der Waals surface area (Å²) in [4.78, 5) is 10.4. The molecule has 1 heterocycles. The van der Waals surface area contributed by atoms with Crippen LogP contribution in [0.4, 0.5) is 0 Å². The Morgan fingerprint density at radius 3 is 2.88 bits per heavy atom. The van der Waals surface area contributed by atoms with Gasteiger partial charge in [-0.3, -0.25) is 4.57 Å². The number of fused-ring (bicyclic) bond motifs is 1. The minimum absolute atomic E-state index is 0.0974. The highest BCUT2D eigenvalue weighted by molar-refractivity contribution is 7.52. The molecule has 1 atom stereocenters. The SMILES string of the molecule is CCOP(=O)(O)Cc1cc2ccccc2s1. The first-order valence-corrected chi connectivity index (χ1v) is 7.62. The van der Waals surface area contributed by atoms with Gasteiger partial charge in [-0.2, -0.15) is 0 Å². The van der Waals surface area contributed by atoms with Crippen molar-refractivity contribution in [3.63, 3.8) is 0 Å². The fourth-order valence-corrected chi connectivity index (χ4v) is 4.15. The van der Waals surface area contributed by atoms with E-state index >= 15 is 0 Å². The zero-order chi connectivity index (χ0) is 11.6. The van der Waals surface area contributed by atoms with Crippen molar-refractivity contribution in [1.82, 2.24) is 0 Å². The molecule has 16 heavy (non-hydrogen) atoms. The maximum atomic E-state index is 11.6. The first-order valence-electron chi connectivity index (χ1n) is 5.04. The maximum Gasteiger partial charge on any atom is 0.333 e. The molecule has 1 N–H and O–H groups in total. The average molecular weight is 256 g/mol. The summed E-state index contributed by atoms with van der Waals surface area (Å²) in [6.07, 6.45) is 0.0974. The Kier molecular flexibility index (Phi) is 3.45. The van der Waals surface area contributed by atoms with E-state index in [1.165, 1.54) is 11.3 Å². The molecule has 0 amide bonds. The van der Waals surface area contributed by atoms with Gasteiger partial charge in [0, 0.05) is 9.58 Å². The van der Waals surface area contributed by atoms with Gasteiger partial charge in [0.15, 0.2) is 0 Å². The van der Waals surface area contributed by atoms with Gasteiger partial charge < -0.3 is 9.42 Å². The molecule has 0 saturated carbocycles. The Bertz CT molecular complexity index is 502. The molecule has 1 aromatic carbocycles. The summed E-state index contributed by atoms with van der Waals surface area (Å²) in [6.45, 7) is 1.98. The molecule has 0 spiro atoms. The highest BCUT2D eigenvalue weighted by Crippen LogP contribution is 2.47.